The highest BCUT2D eigenvalue weighted by molar-refractivity contribution is 7.13. The van der Waals surface area contributed by atoms with E-state index >= 15 is 0 Å². The van der Waals surface area contributed by atoms with E-state index in [1.807, 2.05) is 24.3 Å². The summed E-state index contributed by atoms with van der Waals surface area (Å²) < 4.78 is 2.13. The predicted octanol–water partition coefficient (Wildman–Crippen LogP) is 5.51. The molecule has 28 heavy (non-hydrogen) atoms. The Morgan fingerprint density at radius 3 is 2.61 bits per heavy atom. The Morgan fingerprint density at radius 2 is 1.82 bits per heavy atom. The number of nitrogens with one attached hydrogen (secondary N) is 1. The van der Waals surface area contributed by atoms with Gasteiger partial charge < -0.3 is 9.88 Å². The minimum atomic E-state index is 0.0553. The van der Waals surface area contributed by atoms with Crippen LogP contribution in [0.4, 0.5) is 0 Å². The molecule has 0 aliphatic rings. The molecule has 0 aliphatic heterocycles. The van der Waals surface area contributed by atoms with E-state index in [9.17, 15) is 4.79 Å². The second kappa shape index (κ2) is 8.44. The van der Waals surface area contributed by atoms with Gasteiger partial charge in [-0.25, -0.2) is 0 Å². The van der Waals surface area contributed by atoms with Crippen LogP contribution in [0.1, 0.15) is 18.9 Å². The van der Waals surface area contributed by atoms with Crippen LogP contribution < -0.4 is 5.32 Å². The van der Waals surface area contributed by atoms with Crippen LogP contribution in [-0.4, -0.2) is 16.5 Å². The zero-order valence-corrected chi connectivity index (χ0v) is 16.8. The fraction of sp³-hybridized carbons (Fsp3) is 0.208. The fourth-order valence-corrected chi connectivity index (χ4v) is 4.32. The van der Waals surface area contributed by atoms with Crippen molar-refractivity contribution in [2.45, 2.75) is 32.4 Å². The van der Waals surface area contributed by atoms with Gasteiger partial charge >= 0.3 is 0 Å². The molecule has 2 heterocycles. The lowest BCUT2D eigenvalue weighted by molar-refractivity contribution is -0.122. The minimum Gasteiger partial charge on any atom is -0.352 e. The average molecular weight is 389 g/mol. The molecule has 4 aromatic rings. The lowest BCUT2D eigenvalue weighted by Gasteiger charge is -2.16. The summed E-state index contributed by atoms with van der Waals surface area (Å²) in [4.78, 5) is 14.0. The Balaban J connectivity index is 1.47. The first kappa shape index (κ1) is 18.5. The summed E-state index contributed by atoms with van der Waals surface area (Å²) >= 11 is 1.70. The van der Waals surface area contributed by atoms with E-state index in [0.29, 0.717) is 6.54 Å². The monoisotopic (exact) mass is 388 g/mol. The van der Waals surface area contributed by atoms with Gasteiger partial charge in [0.05, 0.1) is 10.6 Å². The molecule has 1 N–H and O–H groups in total. The lowest BCUT2D eigenvalue weighted by Crippen LogP contribution is -2.35. The number of aryl methyl sites for hydroxylation is 1. The van der Waals surface area contributed by atoms with E-state index in [-0.39, 0.29) is 11.9 Å². The Labute approximate surface area is 169 Å². The molecule has 1 atom stereocenters. The highest BCUT2D eigenvalue weighted by atomic mass is 32.1. The molecule has 4 heteroatoms. The molecule has 0 bridgehead atoms. The zero-order chi connectivity index (χ0) is 19.3. The number of nitrogens with zero attached hydrogens (tertiary/aromatic N) is 1. The van der Waals surface area contributed by atoms with Crippen molar-refractivity contribution in [1.82, 2.24) is 9.88 Å². The van der Waals surface area contributed by atoms with E-state index in [4.69, 9.17) is 0 Å². The van der Waals surface area contributed by atoms with Crippen molar-refractivity contribution in [3.63, 3.8) is 0 Å². The van der Waals surface area contributed by atoms with E-state index in [0.717, 1.165) is 29.4 Å². The molecule has 0 radical (unpaired) electrons. The number of hydrogen-bond donors (Lipinski definition) is 1. The SMILES string of the molecule is C[C@@H](CCc1ccccc1)NC(=O)Cn1c(-c2cccs2)cc2ccccc21. The summed E-state index contributed by atoms with van der Waals surface area (Å²) in [5.41, 5.74) is 3.50. The maximum Gasteiger partial charge on any atom is 0.240 e. The summed E-state index contributed by atoms with van der Waals surface area (Å²) in [5.74, 6) is 0.0553. The fourth-order valence-electron chi connectivity index (χ4n) is 3.57. The van der Waals surface area contributed by atoms with Crippen LogP contribution in [0.3, 0.4) is 0 Å². The van der Waals surface area contributed by atoms with Gasteiger partial charge in [0, 0.05) is 16.9 Å². The van der Waals surface area contributed by atoms with Gasteiger partial charge in [-0.3, -0.25) is 4.79 Å². The van der Waals surface area contributed by atoms with E-state index in [1.165, 1.54) is 10.4 Å². The van der Waals surface area contributed by atoms with Crippen molar-refractivity contribution in [1.29, 1.82) is 0 Å². The molecule has 2 aromatic carbocycles. The maximum absolute atomic E-state index is 12.8. The van der Waals surface area contributed by atoms with Crippen LogP contribution in [0, 0.1) is 0 Å². The average Bonchev–Trinajstić information content (AvgIpc) is 3.35. The molecule has 0 saturated heterocycles. The smallest absolute Gasteiger partial charge is 0.240 e. The van der Waals surface area contributed by atoms with Gasteiger partial charge in [-0.1, -0.05) is 54.6 Å². The van der Waals surface area contributed by atoms with Gasteiger partial charge in [0.2, 0.25) is 5.91 Å². The van der Waals surface area contributed by atoms with Crippen molar-refractivity contribution in [2.75, 3.05) is 0 Å². The second-order valence-corrected chi connectivity index (χ2v) is 8.09. The first-order chi connectivity index (χ1) is 13.7. The third kappa shape index (κ3) is 4.18. The molecule has 3 nitrogen and oxygen atoms in total. The maximum atomic E-state index is 12.8. The van der Waals surface area contributed by atoms with Gasteiger partial charge in [-0.05, 0) is 48.9 Å². The molecule has 1 amide bonds. The number of aromatic nitrogens is 1. The number of amides is 1. The predicted molar refractivity (Wildman–Crippen MR) is 118 cm³/mol. The largest absolute Gasteiger partial charge is 0.352 e. The summed E-state index contributed by atoms with van der Waals surface area (Å²) in [5, 5.41) is 6.40. The van der Waals surface area contributed by atoms with Crippen LogP contribution >= 0.6 is 11.3 Å². The van der Waals surface area contributed by atoms with Crippen molar-refractivity contribution in [3.05, 3.63) is 83.7 Å². The van der Waals surface area contributed by atoms with Gasteiger partial charge in [0.1, 0.15) is 6.54 Å². The first-order valence-electron chi connectivity index (χ1n) is 9.66. The number of carbonyl (C=O) groups is 1. The summed E-state index contributed by atoms with van der Waals surface area (Å²) in [6.07, 6.45) is 1.90. The third-order valence-electron chi connectivity index (χ3n) is 5.00. The highest BCUT2D eigenvalue weighted by Crippen LogP contribution is 2.31. The topological polar surface area (TPSA) is 34.0 Å². The Bertz CT molecular complexity index is 1050. The van der Waals surface area contributed by atoms with Crippen LogP contribution in [0.5, 0.6) is 0 Å². The van der Waals surface area contributed by atoms with Crippen molar-refractivity contribution in [2.24, 2.45) is 0 Å². The van der Waals surface area contributed by atoms with Crippen LogP contribution in [0.15, 0.2) is 78.2 Å². The van der Waals surface area contributed by atoms with Gasteiger partial charge in [0.25, 0.3) is 0 Å². The van der Waals surface area contributed by atoms with Gasteiger partial charge in [0.15, 0.2) is 0 Å². The molecule has 0 spiro atoms. The summed E-state index contributed by atoms with van der Waals surface area (Å²) in [6, 6.07) is 25.1. The molecule has 0 saturated carbocycles. The second-order valence-electron chi connectivity index (χ2n) is 7.14. The Morgan fingerprint density at radius 1 is 1.04 bits per heavy atom. The zero-order valence-electron chi connectivity index (χ0n) is 16.0. The van der Waals surface area contributed by atoms with Crippen LogP contribution in [-0.2, 0) is 17.8 Å². The minimum absolute atomic E-state index is 0.0553. The van der Waals surface area contributed by atoms with Gasteiger partial charge in [-0.15, -0.1) is 11.3 Å². The van der Waals surface area contributed by atoms with Crippen molar-refractivity contribution < 1.29 is 4.79 Å². The van der Waals surface area contributed by atoms with Gasteiger partial charge in [-0.2, -0.15) is 0 Å². The highest BCUT2D eigenvalue weighted by Gasteiger charge is 2.15. The summed E-state index contributed by atoms with van der Waals surface area (Å²) in [7, 11) is 0. The lowest BCUT2D eigenvalue weighted by atomic mass is 10.1. The van der Waals surface area contributed by atoms with Crippen LogP contribution in [0.25, 0.3) is 21.5 Å². The normalized spacial score (nSPS) is 12.2. The molecule has 0 unspecified atom stereocenters. The molecular formula is C24H24N2OS. The quantitative estimate of drug-likeness (QED) is 0.445. The molecule has 0 aliphatic carbocycles. The Hall–Kier alpha value is -2.85. The van der Waals surface area contributed by atoms with Crippen LogP contribution in [0.2, 0.25) is 0 Å². The number of rotatable bonds is 7. The van der Waals surface area contributed by atoms with E-state index in [1.54, 1.807) is 11.3 Å². The molecule has 0 fully saturated rings. The number of benzene rings is 2. The van der Waals surface area contributed by atoms with Crippen molar-refractivity contribution >= 4 is 28.1 Å². The number of para-hydroxylation sites is 1. The summed E-state index contributed by atoms with van der Waals surface area (Å²) in [6.45, 7) is 2.41. The van der Waals surface area contributed by atoms with E-state index in [2.05, 4.69) is 70.7 Å². The molecule has 4 rings (SSSR count). The van der Waals surface area contributed by atoms with Crippen molar-refractivity contribution in [3.8, 4) is 10.6 Å². The van der Waals surface area contributed by atoms with E-state index < -0.39 is 0 Å². The number of thiophene rings is 1. The molecule has 2 aromatic heterocycles. The molecular weight excluding hydrogens is 364 g/mol. The first-order valence-corrected chi connectivity index (χ1v) is 10.5. The number of fused-ring (bicyclic) bond motifs is 1. The number of carbonyl (C=O) groups excluding carboxylic acids is 1. The molecule has 142 valence electrons. The third-order valence-corrected chi connectivity index (χ3v) is 5.89. The Kier molecular flexibility index (Phi) is 5.58. The number of hydrogen-bond acceptors (Lipinski definition) is 2. The standard InChI is InChI=1S/C24H24N2OS/c1-18(13-14-19-8-3-2-4-9-19)25-24(27)17-26-21-11-6-5-10-20(21)16-22(26)23-12-7-15-28-23/h2-12,15-16,18H,13-14,17H2,1H3,(H,25,27)/t18-/m0/s1.